The second kappa shape index (κ2) is 7.59. The molecule has 0 radical (unpaired) electrons. The van der Waals surface area contributed by atoms with Gasteiger partial charge in [-0.05, 0) is 25.2 Å². The maximum Gasteiger partial charge on any atom is 0.239 e. The van der Waals surface area contributed by atoms with Gasteiger partial charge in [-0.25, -0.2) is 4.98 Å². The summed E-state index contributed by atoms with van der Waals surface area (Å²) in [4.78, 5) is 18.8. The highest BCUT2D eigenvalue weighted by Gasteiger charge is 2.27. The first-order valence-electron chi connectivity index (χ1n) is 8.12. The summed E-state index contributed by atoms with van der Waals surface area (Å²) in [7, 11) is 2.02. The molecule has 1 amide bonds. The monoisotopic (exact) mass is 292 g/mol. The number of nitrogens with zero attached hydrogens (tertiary/aromatic N) is 3. The summed E-state index contributed by atoms with van der Waals surface area (Å²) in [6.07, 6.45) is 9.90. The summed E-state index contributed by atoms with van der Waals surface area (Å²) >= 11 is 0. The third-order valence-corrected chi connectivity index (χ3v) is 4.41. The van der Waals surface area contributed by atoms with Crippen LogP contribution in [0.3, 0.4) is 0 Å². The zero-order valence-electron chi connectivity index (χ0n) is 13.3. The van der Waals surface area contributed by atoms with E-state index in [1.807, 2.05) is 24.3 Å². The highest BCUT2D eigenvalue weighted by atomic mass is 16.2. The van der Waals surface area contributed by atoms with Gasteiger partial charge in [0.2, 0.25) is 5.91 Å². The van der Waals surface area contributed by atoms with E-state index in [0.717, 1.165) is 51.0 Å². The van der Waals surface area contributed by atoms with Gasteiger partial charge in [0.05, 0.1) is 6.04 Å². The van der Waals surface area contributed by atoms with Crippen molar-refractivity contribution in [1.82, 2.24) is 14.5 Å². The lowest BCUT2D eigenvalue weighted by Crippen LogP contribution is -2.48. The Morgan fingerprint density at radius 2 is 2.38 bits per heavy atom. The fraction of sp³-hybridized carbons (Fsp3) is 0.750. The lowest BCUT2D eigenvalue weighted by Gasteiger charge is -2.34. The molecule has 5 nitrogen and oxygen atoms in total. The molecule has 1 fully saturated rings. The molecule has 0 aliphatic carbocycles. The quantitative estimate of drug-likeness (QED) is 0.868. The Balaban J connectivity index is 1.88. The second-order valence-corrected chi connectivity index (χ2v) is 6.20. The van der Waals surface area contributed by atoms with Crippen molar-refractivity contribution in [3.63, 3.8) is 0 Å². The number of hydrogen-bond acceptors (Lipinski definition) is 3. The first-order valence-corrected chi connectivity index (χ1v) is 8.12. The number of imidazole rings is 1. The molecule has 118 valence electrons. The second-order valence-electron chi connectivity index (χ2n) is 6.20. The van der Waals surface area contributed by atoms with Gasteiger partial charge in [-0.15, -0.1) is 0 Å². The fourth-order valence-corrected chi connectivity index (χ4v) is 3.07. The van der Waals surface area contributed by atoms with Crippen LogP contribution in [-0.2, 0) is 18.3 Å². The Kier molecular flexibility index (Phi) is 5.79. The molecule has 21 heavy (non-hydrogen) atoms. The molecule has 1 aliphatic heterocycles. The van der Waals surface area contributed by atoms with Crippen LogP contribution in [0.2, 0.25) is 0 Å². The van der Waals surface area contributed by atoms with E-state index in [1.165, 1.54) is 6.42 Å². The van der Waals surface area contributed by atoms with E-state index in [0.29, 0.717) is 5.92 Å². The van der Waals surface area contributed by atoms with E-state index in [2.05, 4.69) is 16.5 Å². The number of amides is 1. The van der Waals surface area contributed by atoms with Crippen LogP contribution >= 0.6 is 0 Å². The SMILES string of the molecule is CCCC[C@@H](N)C(=O)N1CCC[C@H](Cc2nccn2C)C1. The molecule has 1 saturated heterocycles. The number of hydrogen-bond donors (Lipinski definition) is 1. The Morgan fingerprint density at radius 3 is 3.05 bits per heavy atom. The number of aryl methyl sites for hydroxylation is 1. The van der Waals surface area contributed by atoms with Crippen LogP contribution in [0.1, 0.15) is 44.9 Å². The maximum atomic E-state index is 12.4. The molecule has 0 saturated carbocycles. The van der Waals surface area contributed by atoms with Crippen molar-refractivity contribution in [3.05, 3.63) is 18.2 Å². The Labute approximate surface area is 127 Å². The van der Waals surface area contributed by atoms with Gasteiger partial charge in [0.25, 0.3) is 0 Å². The minimum Gasteiger partial charge on any atom is -0.341 e. The van der Waals surface area contributed by atoms with Crippen LogP contribution in [-0.4, -0.2) is 39.5 Å². The molecule has 0 unspecified atom stereocenters. The van der Waals surface area contributed by atoms with E-state index < -0.39 is 0 Å². The predicted molar refractivity (Wildman–Crippen MR) is 83.7 cm³/mol. The summed E-state index contributed by atoms with van der Waals surface area (Å²) in [5.74, 6) is 1.74. The molecule has 1 aromatic heterocycles. The molecule has 2 atom stereocenters. The highest BCUT2D eigenvalue weighted by Crippen LogP contribution is 2.21. The Hall–Kier alpha value is -1.36. The van der Waals surface area contributed by atoms with Crippen molar-refractivity contribution in [2.75, 3.05) is 13.1 Å². The summed E-state index contributed by atoms with van der Waals surface area (Å²) in [5, 5.41) is 0. The number of piperidine rings is 1. The van der Waals surface area contributed by atoms with E-state index >= 15 is 0 Å². The molecule has 2 heterocycles. The molecular weight excluding hydrogens is 264 g/mol. The van der Waals surface area contributed by atoms with Crippen molar-refractivity contribution in [2.24, 2.45) is 18.7 Å². The van der Waals surface area contributed by atoms with Crippen LogP contribution in [0, 0.1) is 5.92 Å². The van der Waals surface area contributed by atoms with E-state index in [9.17, 15) is 4.79 Å². The topological polar surface area (TPSA) is 64.2 Å². The average Bonchev–Trinajstić information content (AvgIpc) is 2.89. The standard InChI is InChI=1S/C16H28N4O/c1-3-4-7-14(17)16(21)20-9-5-6-13(12-20)11-15-18-8-10-19(15)2/h8,10,13-14H,3-7,9,11-12,17H2,1-2H3/t13-,14-/m1/s1. The zero-order valence-corrected chi connectivity index (χ0v) is 13.3. The summed E-state index contributed by atoms with van der Waals surface area (Å²) < 4.78 is 2.06. The van der Waals surface area contributed by atoms with E-state index in [4.69, 9.17) is 5.73 Å². The Morgan fingerprint density at radius 1 is 1.57 bits per heavy atom. The van der Waals surface area contributed by atoms with Gasteiger partial charge in [0.1, 0.15) is 5.82 Å². The van der Waals surface area contributed by atoms with Crippen LogP contribution in [0.15, 0.2) is 12.4 Å². The van der Waals surface area contributed by atoms with Gasteiger partial charge in [0.15, 0.2) is 0 Å². The molecule has 0 bridgehead atoms. The Bertz CT molecular complexity index is 457. The van der Waals surface area contributed by atoms with Crippen molar-refractivity contribution in [2.45, 2.75) is 51.5 Å². The molecule has 0 spiro atoms. The zero-order chi connectivity index (χ0) is 15.2. The number of carbonyl (C=O) groups is 1. The molecule has 1 aliphatic rings. The van der Waals surface area contributed by atoms with E-state index in [-0.39, 0.29) is 11.9 Å². The predicted octanol–water partition coefficient (Wildman–Crippen LogP) is 1.72. The molecular formula is C16H28N4O. The third-order valence-electron chi connectivity index (χ3n) is 4.41. The van der Waals surface area contributed by atoms with Gasteiger partial charge in [0, 0.05) is 39.0 Å². The lowest BCUT2D eigenvalue weighted by molar-refractivity contribution is -0.134. The summed E-state index contributed by atoms with van der Waals surface area (Å²) in [6.45, 7) is 3.81. The van der Waals surface area contributed by atoms with Crippen LogP contribution in [0.4, 0.5) is 0 Å². The van der Waals surface area contributed by atoms with Crippen LogP contribution in [0.5, 0.6) is 0 Å². The van der Waals surface area contributed by atoms with Gasteiger partial charge in [-0.1, -0.05) is 19.8 Å². The van der Waals surface area contributed by atoms with Crippen molar-refractivity contribution < 1.29 is 4.79 Å². The maximum absolute atomic E-state index is 12.4. The molecule has 2 N–H and O–H groups in total. The van der Waals surface area contributed by atoms with Gasteiger partial charge in [-0.2, -0.15) is 0 Å². The number of aromatic nitrogens is 2. The smallest absolute Gasteiger partial charge is 0.239 e. The largest absolute Gasteiger partial charge is 0.341 e. The van der Waals surface area contributed by atoms with Crippen LogP contribution in [0.25, 0.3) is 0 Å². The minimum absolute atomic E-state index is 0.132. The van der Waals surface area contributed by atoms with Crippen LogP contribution < -0.4 is 5.73 Å². The number of nitrogens with two attached hydrogens (primary N) is 1. The van der Waals surface area contributed by atoms with E-state index in [1.54, 1.807) is 0 Å². The lowest BCUT2D eigenvalue weighted by atomic mass is 9.93. The van der Waals surface area contributed by atoms with Gasteiger partial charge < -0.3 is 15.2 Å². The average molecular weight is 292 g/mol. The third kappa shape index (κ3) is 4.30. The van der Waals surface area contributed by atoms with Crippen molar-refractivity contribution in [1.29, 1.82) is 0 Å². The number of carbonyl (C=O) groups excluding carboxylic acids is 1. The molecule has 1 aromatic rings. The minimum atomic E-state index is -0.322. The van der Waals surface area contributed by atoms with Gasteiger partial charge in [-0.3, -0.25) is 4.79 Å². The molecule has 2 rings (SSSR count). The number of rotatable bonds is 6. The van der Waals surface area contributed by atoms with Crippen molar-refractivity contribution in [3.8, 4) is 0 Å². The first kappa shape index (κ1) is 16.0. The summed E-state index contributed by atoms with van der Waals surface area (Å²) in [6, 6.07) is -0.322. The highest BCUT2D eigenvalue weighted by molar-refractivity contribution is 5.81. The number of likely N-dealkylation sites (tertiary alicyclic amines) is 1. The molecule has 5 heteroatoms. The first-order chi connectivity index (χ1) is 10.1. The fourth-order valence-electron chi connectivity index (χ4n) is 3.07. The summed E-state index contributed by atoms with van der Waals surface area (Å²) in [5.41, 5.74) is 6.03. The molecule has 0 aromatic carbocycles. The normalized spacial score (nSPS) is 20.5. The van der Waals surface area contributed by atoms with Gasteiger partial charge >= 0.3 is 0 Å². The van der Waals surface area contributed by atoms with Crippen molar-refractivity contribution >= 4 is 5.91 Å². The number of unbranched alkanes of at least 4 members (excludes halogenated alkanes) is 1.